The Kier molecular flexibility index (Phi) is 5.75. The number of aromatic nitrogens is 3. The maximum Gasteiger partial charge on any atom is 0.422 e. The van der Waals surface area contributed by atoms with E-state index in [2.05, 4.69) is 20.0 Å². The molecule has 4 aromatic rings. The number of rotatable bonds is 6. The average molecular weight is 473 g/mol. The average Bonchev–Trinajstić information content (AvgIpc) is 3.14. The van der Waals surface area contributed by atoms with Gasteiger partial charge in [-0.2, -0.15) is 17.9 Å². The fourth-order valence-corrected chi connectivity index (χ4v) is 3.01. The van der Waals surface area contributed by atoms with Crippen molar-refractivity contribution in [1.82, 2.24) is 14.7 Å². The van der Waals surface area contributed by atoms with E-state index >= 15 is 0 Å². The van der Waals surface area contributed by atoms with Crippen molar-refractivity contribution in [2.45, 2.75) is 6.18 Å². The molecular weight excluding hydrogens is 459 g/mol. The lowest BCUT2D eigenvalue weighted by Gasteiger charge is -2.09. The molecular formula is C21H14F3N5O5. The van der Waals surface area contributed by atoms with Crippen LogP contribution in [0.1, 0.15) is 10.4 Å². The molecule has 2 aromatic heterocycles. The van der Waals surface area contributed by atoms with E-state index in [0.717, 1.165) is 17.0 Å². The molecule has 0 aliphatic rings. The molecule has 0 radical (unpaired) electrons. The minimum Gasteiger partial charge on any atom is -0.468 e. The Morgan fingerprint density at radius 1 is 1.15 bits per heavy atom. The Hall–Kier alpha value is -4.68. The van der Waals surface area contributed by atoms with E-state index in [1.165, 1.54) is 24.3 Å². The van der Waals surface area contributed by atoms with Crippen molar-refractivity contribution in [2.75, 3.05) is 11.9 Å². The number of imidazole rings is 1. The van der Waals surface area contributed by atoms with E-state index in [0.29, 0.717) is 16.8 Å². The van der Waals surface area contributed by atoms with Crippen LogP contribution in [0.2, 0.25) is 0 Å². The van der Waals surface area contributed by atoms with Crippen LogP contribution in [0.15, 0.2) is 60.8 Å². The molecule has 0 saturated heterocycles. The summed E-state index contributed by atoms with van der Waals surface area (Å²) in [6.07, 6.45) is -3.41. The molecule has 174 valence electrons. The second-order valence-corrected chi connectivity index (χ2v) is 7.00. The number of halogens is 3. The van der Waals surface area contributed by atoms with Crippen LogP contribution in [-0.2, 0) is 0 Å². The van der Waals surface area contributed by atoms with E-state index in [-0.39, 0.29) is 28.5 Å². The zero-order valence-corrected chi connectivity index (χ0v) is 17.0. The van der Waals surface area contributed by atoms with Crippen molar-refractivity contribution in [2.24, 2.45) is 0 Å². The van der Waals surface area contributed by atoms with Crippen LogP contribution in [0.4, 0.5) is 24.5 Å². The van der Waals surface area contributed by atoms with Crippen LogP contribution < -0.4 is 10.1 Å². The maximum absolute atomic E-state index is 12.4. The Balaban J connectivity index is 1.46. The quantitative estimate of drug-likeness (QED) is 0.240. The maximum atomic E-state index is 12.4. The molecule has 0 aliphatic carbocycles. The lowest BCUT2D eigenvalue weighted by Crippen LogP contribution is -2.19. The van der Waals surface area contributed by atoms with Gasteiger partial charge in [-0.3, -0.25) is 14.9 Å². The molecule has 2 heterocycles. The number of amides is 1. The number of nitrogens with one attached hydrogen (secondary N) is 1. The van der Waals surface area contributed by atoms with Gasteiger partial charge in [-0.05, 0) is 36.4 Å². The molecule has 0 unspecified atom stereocenters. The minimum atomic E-state index is -4.50. The number of fused-ring (bicyclic) bond motifs is 1. The third kappa shape index (κ3) is 4.87. The van der Waals surface area contributed by atoms with Gasteiger partial charge in [0.15, 0.2) is 12.4 Å². The zero-order valence-electron chi connectivity index (χ0n) is 17.0. The third-order valence-corrected chi connectivity index (χ3v) is 4.61. The normalized spacial score (nSPS) is 11.4. The zero-order chi connectivity index (χ0) is 24.5. The van der Waals surface area contributed by atoms with Crippen LogP contribution in [0.5, 0.6) is 5.88 Å². The number of anilines is 1. The van der Waals surface area contributed by atoms with E-state index < -0.39 is 23.6 Å². The minimum absolute atomic E-state index is 0.0992. The van der Waals surface area contributed by atoms with Gasteiger partial charge in [-0.25, -0.2) is 9.97 Å². The number of alkyl halides is 3. The van der Waals surface area contributed by atoms with Crippen molar-refractivity contribution in [3.05, 3.63) is 76.5 Å². The molecule has 0 spiro atoms. The van der Waals surface area contributed by atoms with Crippen molar-refractivity contribution in [3.63, 3.8) is 0 Å². The van der Waals surface area contributed by atoms with E-state index in [1.54, 1.807) is 24.3 Å². The van der Waals surface area contributed by atoms with Gasteiger partial charge in [0.25, 0.3) is 11.6 Å². The summed E-state index contributed by atoms with van der Waals surface area (Å²) in [5, 5.41) is 24.0. The van der Waals surface area contributed by atoms with Crippen molar-refractivity contribution in [1.29, 1.82) is 0 Å². The number of pyridine rings is 1. The fourth-order valence-electron chi connectivity index (χ4n) is 3.01. The van der Waals surface area contributed by atoms with Gasteiger partial charge in [0, 0.05) is 35.6 Å². The molecule has 4 rings (SSSR count). The van der Waals surface area contributed by atoms with Crippen molar-refractivity contribution in [3.8, 4) is 17.3 Å². The van der Waals surface area contributed by atoms with Crippen LogP contribution in [0, 0.1) is 10.1 Å². The molecule has 0 saturated carbocycles. The van der Waals surface area contributed by atoms with Gasteiger partial charge in [0.05, 0.1) is 16.0 Å². The first-order valence-corrected chi connectivity index (χ1v) is 9.54. The first-order valence-electron chi connectivity index (χ1n) is 9.54. The highest BCUT2D eigenvalue weighted by atomic mass is 19.4. The van der Waals surface area contributed by atoms with Crippen LogP contribution in [0.3, 0.4) is 0 Å². The van der Waals surface area contributed by atoms with Gasteiger partial charge < -0.3 is 15.3 Å². The van der Waals surface area contributed by atoms with Gasteiger partial charge >= 0.3 is 6.18 Å². The molecule has 10 nitrogen and oxygen atoms in total. The standard InChI is InChI=1S/C21H14F3N5O5/c22-21(23,24)11-34-18-8-3-13(10-25-18)20(30)26-14-4-1-12(2-5-14)19-27-16-7-6-15(29(32)33)9-17(16)28(19)31/h1-10,31H,11H2,(H,26,30). The highest BCUT2D eigenvalue weighted by molar-refractivity contribution is 6.04. The van der Waals surface area contributed by atoms with Crippen LogP contribution in [-0.4, -0.2) is 43.5 Å². The SMILES string of the molecule is O=C(Nc1ccc(-c2nc3ccc([N+](=O)[O-])cc3n2O)cc1)c1ccc(OCC(F)(F)F)nc1. The second-order valence-electron chi connectivity index (χ2n) is 7.00. The predicted octanol–water partition coefficient (Wildman–Crippen LogP) is 4.44. The van der Waals surface area contributed by atoms with Crippen LogP contribution >= 0.6 is 0 Å². The van der Waals surface area contributed by atoms with Gasteiger partial charge in [0.2, 0.25) is 5.88 Å². The molecule has 0 bridgehead atoms. The van der Waals surface area contributed by atoms with E-state index in [9.17, 15) is 33.3 Å². The summed E-state index contributed by atoms with van der Waals surface area (Å²) in [6.45, 7) is -1.49. The Morgan fingerprint density at radius 3 is 2.50 bits per heavy atom. The number of nitro groups is 1. The Morgan fingerprint density at radius 2 is 1.88 bits per heavy atom. The molecule has 34 heavy (non-hydrogen) atoms. The summed E-state index contributed by atoms with van der Waals surface area (Å²) in [4.78, 5) is 30.7. The Labute approximate surface area is 188 Å². The number of non-ortho nitro benzene ring substituents is 1. The Bertz CT molecular complexity index is 1370. The van der Waals surface area contributed by atoms with Crippen molar-refractivity contribution < 1.29 is 32.8 Å². The highest BCUT2D eigenvalue weighted by Crippen LogP contribution is 2.27. The highest BCUT2D eigenvalue weighted by Gasteiger charge is 2.28. The molecule has 0 atom stereocenters. The molecule has 2 aromatic carbocycles. The molecule has 0 fully saturated rings. The predicted molar refractivity (Wildman–Crippen MR) is 113 cm³/mol. The number of ether oxygens (including phenoxy) is 1. The second kappa shape index (κ2) is 8.69. The summed E-state index contributed by atoms with van der Waals surface area (Å²) in [5.74, 6) is -0.674. The molecule has 0 aliphatic heterocycles. The number of hydrogen-bond donors (Lipinski definition) is 2. The lowest BCUT2D eigenvalue weighted by atomic mass is 10.2. The van der Waals surface area contributed by atoms with Gasteiger partial charge in [-0.15, -0.1) is 0 Å². The lowest BCUT2D eigenvalue weighted by molar-refractivity contribution is -0.384. The monoisotopic (exact) mass is 473 g/mol. The smallest absolute Gasteiger partial charge is 0.422 e. The van der Waals surface area contributed by atoms with Gasteiger partial charge in [-0.1, -0.05) is 0 Å². The topological polar surface area (TPSA) is 132 Å². The first kappa shape index (κ1) is 22.5. The van der Waals surface area contributed by atoms with Crippen molar-refractivity contribution >= 4 is 28.3 Å². The fraction of sp³-hybridized carbons (Fsp3) is 0.0952. The summed E-state index contributed by atoms with van der Waals surface area (Å²) in [6, 6.07) is 12.6. The molecule has 13 heteroatoms. The summed E-state index contributed by atoms with van der Waals surface area (Å²) < 4.78 is 41.8. The summed E-state index contributed by atoms with van der Waals surface area (Å²) in [5.41, 5.74) is 1.30. The largest absolute Gasteiger partial charge is 0.468 e. The summed E-state index contributed by atoms with van der Waals surface area (Å²) in [7, 11) is 0. The number of nitrogens with zero attached hydrogens (tertiary/aromatic N) is 4. The van der Waals surface area contributed by atoms with Gasteiger partial charge in [0.1, 0.15) is 5.52 Å². The van der Waals surface area contributed by atoms with Crippen LogP contribution in [0.25, 0.3) is 22.4 Å². The number of hydrogen-bond acceptors (Lipinski definition) is 7. The number of carbonyl (C=O) groups excluding carboxylic acids is 1. The number of benzene rings is 2. The number of carbonyl (C=O) groups is 1. The third-order valence-electron chi connectivity index (χ3n) is 4.61. The first-order chi connectivity index (χ1) is 16.1. The van der Waals surface area contributed by atoms with E-state index in [4.69, 9.17) is 0 Å². The molecule has 2 N–H and O–H groups in total. The summed E-state index contributed by atoms with van der Waals surface area (Å²) >= 11 is 0. The number of nitro benzene ring substituents is 1. The molecule has 1 amide bonds. The van der Waals surface area contributed by atoms with E-state index in [1.807, 2.05) is 0 Å².